The van der Waals surface area contributed by atoms with Gasteiger partial charge in [-0.2, -0.15) is 0 Å². The van der Waals surface area contributed by atoms with Crippen LogP contribution >= 0.6 is 0 Å². The zero-order valence-corrected chi connectivity index (χ0v) is 19.3. The topological polar surface area (TPSA) is 82.4 Å². The van der Waals surface area contributed by atoms with Crippen LogP contribution in [0.25, 0.3) is 11.3 Å². The van der Waals surface area contributed by atoms with Crippen molar-refractivity contribution in [1.29, 1.82) is 0 Å². The third-order valence-corrected chi connectivity index (χ3v) is 7.17. The van der Waals surface area contributed by atoms with Crippen molar-refractivity contribution >= 4 is 17.7 Å². The summed E-state index contributed by atoms with van der Waals surface area (Å²) < 4.78 is 0. The fourth-order valence-electron chi connectivity index (χ4n) is 5.20. The van der Waals surface area contributed by atoms with Crippen molar-refractivity contribution in [3.05, 3.63) is 89.1 Å². The second-order valence-electron chi connectivity index (χ2n) is 9.59. The van der Waals surface area contributed by atoms with E-state index >= 15 is 0 Å². The highest BCUT2D eigenvalue weighted by atomic mass is 16.2. The van der Waals surface area contributed by atoms with Gasteiger partial charge in [0.2, 0.25) is 11.8 Å². The van der Waals surface area contributed by atoms with E-state index in [1.165, 1.54) is 11.1 Å². The molecule has 2 fully saturated rings. The quantitative estimate of drug-likeness (QED) is 0.446. The van der Waals surface area contributed by atoms with Gasteiger partial charge in [-0.05, 0) is 53.8 Å². The van der Waals surface area contributed by atoms with Gasteiger partial charge in [0.15, 0.2) is 0 Å². The second kappa shape index (κ2) is 8.74. The molecule has 3 aliphatic heterocycles. The van der Waals surface area contributed by atoms with E-state index in [4.69, 9.17) is 0 Å². The monoisotopic (exact) mass is 466 g/mol. The number of nitrogens with zero attached hydrogens (tertiary/aromatic N) is 3. The predicted molar refractivity (Wildman–Crippen MR) is 130 cm³/mol. The van der Waals surface area contributed by atoms with Crippen molar-refractivity contribution < 1.29 is 14.4 Å². The summed E-state index contributed by atoms with van der Waals surface area (Å²) in [6, 6.07) is 20.5. The molecule has 7 nitrogen and oxygen atoms in total. The van der Waals surface area contributed by atoms with Crippen LogP contribution in [0.5, 0.6) is 0 Å². The molecule has 1 aromatic heterocycles. The minimum Gasteiger partial charge on any atom is -0.322 e. The zero-order valence-electron chi connectivity index (χ0n) is 19.3. The van der Waals surface area contributed by atoms with Crippen LogP contribution in [0.3, 0.4) is 0 Å². The summed E-state index contributed by atoms with van der Waals surface area (Å²) in [5.74, 6) is -0.830. The molecule has 2 aromatic carbocycles. The molecule has 176 valence electrons. The van der Waals surface area contributed by atoms with Gasteiger partial charge < -0.3 is 4.90 Å². The van der Waals surface area contributed by atoms with Crippen LogP contribution in [0.2, 0.25) is 0 Å². The number of pyridine rings is 1. The summed E-state index contributed by atoms with van der Waals surface area (Å²) in [5.41, 5.74) is 5.91. The van der Waals surface area contributed by atoms with Gasteiger partial charge >= 0.3 is 0 Å². The molecule has 3 amide bonds. The van der Waals surface area contributed by atoms with E-state index in [1.54, 1.807) is 4.90 Å². The molecule has 0 radical (unpaired) electrons. The second-order valence-corrected chi connectivity index (χ2v) is 9.59. The van der Waals surface area contributed by atoms with Gasteiger partial charge in [-0.1, -0.05) is 36.4 Å². The Balaban J connectivity index is 1.15. The summed E-state index contributed by atoms with van der Waals surface area (Å²) in [6.07, 6.45) is 3.53. The molecule has 3 aromatic rings. The minimum absolute atomic E-state index is 0.159. The number of rotatable bonds is 6. The van der Waals surface area contributed by atoms with Gasteiger partial charge in [0.25, 0.3) is 5.91 Å². The number of hydrogen-bond acceptors (Lipinski definition) is 5. The largest absolute Gasteiger partial charge is 0.322 e. The number of benzene rings is 2. The maximum atomic E-state index is 13.0. The Bertz CT molecular complexity index is 1320. The predicted octanol–water partition coefficient (Wildman–Crippen LogP) is 2.94. The highest BCUT2D eigenvalue weighted by molar-refractivity contribution is 6.05. The molecule has 1 N–H and O–H groups in total. The number of piperidine rings is 1. The van der Waals surface area contributed by atoms with Gasteiger partial charge in [-0.25, -0.2) is 0 Å². The van der Waals surface area contributed by atoms with Gasteiger partial charge in [0.05, 0.1) is 5.69 Å². The fourth-order valence-corrected chi connectivity index (χ4v) is 5.20. The molecular formula is C28H26N4O3. The molecule has 0 bridgehead atoms. The van der Waals surface area contributed by atoms with E-state index in [0.717, 1.165) is 36.3 Å². The Kier molecular flexibility index (Phi) is 5.41. The van der Waals surface area contributed by atoms with E-state index in [2.05, 4.69) is 51.6 Å². The standard InChI is InChI=1S/C28H26N4O3/c33-26-9-8-25(27(34)30-26)32-16-21-14-20(6-7-23(21)28(32)35)24-13-19(10-11-29-24)15-31-17-22(31)12-18-4-2-1-3-5-18/h1-7,10-11,13-14,22,25H,8-9,12,15-17H2,(H,30,33,34)/t22?,25?,31-/m0/s1. The molecule has 35 heavy (non-hydrogen) atoms. The first-order chi connectivity index (χ1) is 17.0. The lowest BCUT2D eigenvalue weighted by Crippen LogP contribution is -2.52. The van der Waals surface area contributed by atoms with Crippen LogP contribution in [-0.4, -0.2) is 51.1 Å². The van der Waals surface area contributed by atoms with Crippen LogP contribution < -0.4 is 5.32 Å². The van der Waals surface area contributed by atoms with Gasteiger partial charge in [-0.3, -0.25) is 29.6 Å². The Labute approximate surface area is 203 Å². The third-order valence-electron chi connectivity index (χ3n) is 7.17. The molecule has 4 heterocycles. The summed E-state index contributed by atoms with van der Waals surface area (Å²) in [7, 11) is 0. The molecule has 0 aliphatic carbocycles. The van der Waals surface area contributed by atoms with Gasteiger partial charge in [0.1, 0.15) is 6.04 Å². The van der Waals surface area contributed by atoms with E-state index in [0.29, 0.717) is 24.6 Å². The number of imide groups is 1. The lowest BCUT2D eigenvalue weighted by molar-refractivity contribution is -0.136. The highest BCUT2D eigenvalue weighted by Crippen LogP contribution is 2.31. The molecule has 0 spiro atoms. The molecule has 3 aliphatic rings. The molecule has 2 unspecified atom stereocenters. The van der Waals surface area contributed by atoms with Gasteiger partial charge in [-0.15, -0.1) is 0 Å². The van der Waals surface area contributed by atoms with Crippen molar-refractivity contribution in [2.45, 2.75) is 44.4 Å². The number of carbonyl (C=O) groups is 3. The van der Waals surface area contributed by atoms with Crippen molar-refractivity contribution in [3.8, 4) is 11.3 Å². The van der Waals surface area contributed by atoms with Crippen molar-refractivity contribution in [2.24, 2.45) is 0 Å². The highest BCUT2D eigenvalue weighted by Gasteiger charge is 2.39. The number of amides is 3. The third kappa shape index (κ3) is 4.35. The van der Waals surface area contributed by atoms with Crippen molar-refractivity contribution in [1.82, 2.24) is 20.1 Å². The van der Waals surface area contributed by atoms with E-state index in [1.807, 2.05) is 30.5 Å². The first-order valence-corrected chi connectivity index (χ1v) is 12.1. The van der Waals surface area contributed by atoms with E-state index in [-0.39, 0.29) is 18.2 Å². The smallest absolute Gasteiger partial charge is 0.255 e. The van der Waals surface area contributed by atoms with Crippen molar-refractivity contribution in [3.63, 3.8) is 0 Å². The number of fused-ring (bicyclic) bond motifs is 1. The fraction of sp³-hybridized carbons (Fsp3) is 0.286. The average molecular weight is 467 g/mol. The molecule has 3 atom stereocenters. The molecule has 0 saturated carbocycles. The summed E-state index contributed by atoms with van der Waals surface area (Å²) >= 11 is 0. The van der Waals surface area contributed by atoms with Crippen molar-refractivity contribution in [2.75, 3.05) is 6.54 Å². The Morgan fingerprint density at radius 2 is 1.83 bits per heavy atom. The Morgan fingerprint density at radius 3 is 2.66 bits per heavy atom. The normalized spacial score (nSPS) is 23.3. The molecule has 6 rings (SSSR count). The number of carbonyl (C=O) groups excluding carboxylic acids is 3. The van der Waals surface area contributed by atoms with Crippen LogP contribution in [0.15, 0.2) is 66.9 Å². The minimum atomic E-state index is -0.603. The van der Waals surface area contributed by atoms with Crippen LogP contribution in [0.4, 0.5) is 0 Å². The molecule has 2 saturated heterocycles. The average Bonchev–Trinajstić information content (AvgIpc) is 3.50. The molecular weight excluding hydrogens is 440 g/mol. The number of nitrogens with one attached hydrogen (secondary N) is 1. The first-order valence-electron chi connectivity index (χ1n) is 12.1. The Hall–Kier alpha value is -3.84. The Morgan fingerprint density at radius 1 is 0.971 bits per heavy atom. The maximum absolute atomic E-state index is 13.0. The summed E-state index contributed by atoms with van der Waals surface area (Å²) in [6.45, 7) is 2.35. The summed E-state index contributed by atoms with van der Waals surface area (Å²) in [4.78, 5) is 45.4. The van der Waals surface area contributed by atoms with Gasteiger partial charge in [0, 0.05) is 49.4 Å². The lowest BCUT2D eigenvalue weighted by atomic mass is 10.0. The zero-order chi connectivity index (χ0) is 23.9. The number of hydrogen-bond donors (Lipinski definition) is 1. The van der Waals surface area contributed by atoms with E-state index < -0.39 is 11.9 Å². The molecule has 7 heteroatoms. The van der Waals surface area contributed by atoms with Crippen LogP contribution in [0, 0.1) is 0 Å². The summed E-state index contributed by atoms with van der Waals surface area (Å²) in [5, 5.41) is 2.35. The number of aromatic nitrogens is 1. The first kappa shape index (κ1) is 21.7. The van der Waals surface area contributed by atoms with Crippen LogP contribution in [-0.2, 0) is 29.1 Å². The van der Waals surface area contributed by atoms with Crippen LogP contribution in [0.1, 0.15) is 39.9 Å². The lowest BCUT2D eigenvalue weighted by Gasteiger charge is -2.29. The maximum Gasteiger partial charge on any atom is 0.255 e. The SMILES string of the molecule is O=C1CCC(N2Cc3cc(-c4cc(C[N@@]5CC5Cc5ccccc5)ccn4)ccc3C2=O)C(=O)N1. The van der Waals surface area contributed by atoms with E-state index in [9.17, 15) is 14.4 Å².